The normalized spacial score (nSPS) is 9.42. The fourth-order valence-electron chi connectivity index (χ4n) is 0.993. The second-order valence-corrected chi connectivity index (χ2v) is 2.66. The fraction of sp³-hybridized carbons (Fsp3) is 0.200. The minimum atomic E-state index is 0.0800. The van der Waals surface area contributed by atoms with Crippen LogP contribution in [-0.4, -0.2) is 12.0 Å². The summed E-state index contributed by atoms with van der Waals surface area (Å²) >= 11 is 0. The first-order valence-corrected chi connectivity index (χ1v) is 3.83. The molecule has 0 amide bonds. The Balaban J connectivity index is 2.85. The quantitative estimate of drug-likeness (QED) is 0.535. The van der Waals surface area contributed by atoms with Crippen LogP contribution in [0.4, 0.5) is 0 Å². The van der Waals surface area contributed by atoms with E-state index in [1.165, 1.54) is 6.21 Å². The van der Waals surface area contributed by atoms with Crippen LogP contribution in [0.15, 0.2) is 24.3 Å². The van der Waals surface area contributed by atoms with Crippen molar-refractivity contribution in [3.63, 3.8) is 0 Å². The zero-order valence-corrected chi connectivity index (χ0v) is 7.00. The van der Waals surface area contributed by atoms with Crippen LogP contribution in [0.2, 0.25) is 0 Å². The maximum atomic E-state index is 10.9. The largest absolute Gasteiger partial charge is 0.313 e. The molecule has 12 heavy (non-hydrogen) atoms. The molecule has 0 radical (unpaired) electrons. The van der Waals surface area contributed by atoms with E-state index in [1.807, 2.05) is 12.1 Å². The van der Waals surface area contributed by atoms with Crippen molar-refractivity contribution < 1.29 is 4.79 Å². The minimum absolute atomic E-state index is 0.0800. The Bertz CT molecular complexity index is 287. The van der Waals surface area contributed by atoms with Gasteiger partial charge in [0, 0.05) is 12.0 Å². The van der Waals surface area contributed by atoms with Gasteiger partial charge in [-0.2, -0.15) is 0 Å². The molecule has 0 aliphatic rings. The average Bonchev–Trinajstić information content (AvgIpc) is 2.06. The monoisotopic (exact) mass is 161 g/mol. The zero-order valence-electron chi connectivity index (χ0n) is 7.00. The molecule has 2 nitrogen and oxygen atoms in total. The number of hydrogen-bond donors (Lipinski definition) is 1. The van der Waals surface area contributed by atoms with E-state index in [1.54, 1.807) is 19.1 Å². The molecule has 0 aliphatic heterocycles. The Labute approximate surface area is 71.7 Å². The summed E-state index contributed by atoms with van der Waals surface area (Å²) in [5, 5.41) is 6.89. The first-order chi connectivity index (χ1) is 5.74. The summed E-state index contributed by atoms with van der Waals surface area (Å²) < 4.78 is 0. The van der Waals surface area contributed by atoms with Gasteiger partial charge in [0.05, 0.1) is 0 Å². The molecule has 0 bridgehead atoms. The molecule has 0 unspecified atom stereocenters. The van der Waals surface area contributed by atoms with Gasteiger partial charge in [-0.05, 0) is 18.7 Å². The zero-order chi connectivity index (χ0) is 8.97. The molecule has 0 aromatic heterocycles. The van der Waals surface area contributed by atoms with Crippen molar-refractivity contribution >= 4 is 12.0 Å². The molecule has 0 saturated carbocycles. The highest BCUT2D eigenvalue weighted by atomic mass is 16.1. The molecule has 0 saturated heterocycles. The molecule has 62 valence electrons. The van der Waals surface area contributed by atoms with Crippen LogP contribution in [0.1, 0.15) is 22.8 Å². The molecule has 1 N–H and O–H groups in total. The lowest BCUT2D eigenvalue weighted by molar-refractivity contribution is 0.101. The van der Waals surface area contributed by atoms with Crippen molar-refractivity contribution in [1.82, 2.24) is 0 Å². The Morgan fingerprint density at radius 2 is 2.00 bits per heavy atom. The standard InChI is InChI=1S/C10H11NO/c1-8(12)10-4-2-9(3-5-10)6-7-11/h2-5,7,11H,6H2,1H3. The van der Waals surface area contributed by atoms with Gasteiger partial charge in [-0.1, -0.05) is 24.3 Å². The third-order valence-corrected chi connectivity index (χ3v) is 1.70. The highest BCUT2D eigenvalue weighted by molar-refractivity contribution is 5.94. The topological polar surface area (TPSA) is 40.9 Å². The van der Waals surface area contributed by atoms with E-state index in [-0.39, 0.29) is 5.78 Å². The number of rotatable bonds is 3. The summed E-state index contributed by atoms with van der Waals surface area (Å²) in [6.45, 7) is 1.55. The Morgan fingerprint density at radius 3 is 2.42 bits per heavy atom. The molecule has 0 aliphatic carbocycles. The molecular weight excluding hydrogens is 150 g/mol. The Hall–Kier alpha value is -1.44. The van der Waals surface area contributed by atoms with Crippen molar-refractivity contribution in [2.24, 2.45) is 0 Å². The number of carbonyl (C=O) groups is 1. The van der Waals surface area contributed by atoms with Crippen LogP contribution >= 0.6 is 0 Å². The lowest BCUT2D eigenvalue weighted by atomic mass is 10.1. The Morgan fingerprint density at radius 1 is 1.42 bits per heavy atom. The smallest absolute Gasteiger partial charge is 0.159 e. The van der Waals surface area contributed by atoms with E-state index in [9.17, 15) is 4.79 Å². The summed E-state index contributed by atoms with van der Waals surface area (Å²) in [7, 11) is 0. The molecule has 1 aromatic carbocycles. The number of nitrogens with one attached hydrogen (secondary N) is 1. The van der Waals surface area contributed by atoms with Crippen molar-refractivity contribution in [2.45, 2.75) is 13.3 Å². The van der Waals surface area contributed by atoms with Gasteiger partial charge in [0.2, 0.25) is 0 Å². The van der Waals surface area contributed by atoms with Crippen LogP contribution in [-0.2, 0) is 6.42 Å². The van der Waals surface area contributed by atoms with Crippen LogP contribution < -0.4 is 0 Å². The maximum absolute atomic E-state index is 10.9. The van der Waals surface area contributed by atoms with Gasteiger partial charge >= 0.3 is 0 Å². The molecule has 0 atom stereocenters. The summed E-state index contributed by atoms with van der Waals surface area (Å²) in [5.41, 5.74) is 1.79. The van der Waals surface area contributed by atoms with Gasteiger partial charge in [-0.15, -0.1) is 0 Å². The number of ketones is 1. The highest BCUT2D eigenvalue weighted by Gasteiger charge is 1.97. The van der Waals surface area contributed by atoms with Crippen LogP contribution in [0.25, 0.3) is 0 Å². The maximum Gasteiger partial charge on any atom is 0.159 e. The Kier molecular flexibility index (Phi) is 2.75. The number of hydrogen-bond acceptors (Lipinski definition) is 2. The van der Waals surface area contributed by atoms with Gasteiger partial charge in [0.1, 0.15) is 0 Å². The van der Waals surface area contributed by atoms with Gasteiger partial charge in [0.25, 0.3) is 0 Å². The number of benzene rings is 1. The highest BCUT2D eigenvalue weighted by Crippen LogP contribution is 2.04. The molecule has 0 spiro atoms. The summed E-state index contributed by atoms with van der Waals surface area (Å²) in [6, 6.07) is 7.34. The predicted molar refractivity (Wildman–Crippen MR) is 48.9 cm³/mol. The molecule has 0 fully saturated rings. The molecular formula is C10H11NO. The van der Waals surface area contributed by atoms with Crippen molar-refractivity contribution in [3.8, 4) is 0 Å². The van der Waals surface area contributed by atoms with Crippen molar-refractivity contribution in [3.05, 3.63) is 35.4 Å². The summed E-state index contributed by atoms with van der Waals surface area (Å²) in [5.74, 6) is 0.0800. The minimum Gasteiger partial charge on any atom is -0.313 e. The van der Waals surface area contributed by atoms with E-state index in [2.05, 4.69) is 0 Å². The molecule has 1 aromatic rings. The predicted octanol–water partition coefficient (Wildman–Crippen LogP) is 2.08. The van der Waals surface area contributed by atoms with Crippen molar-refractivity contribution in [1.29, 1.82) is 5.41 Å². The third-order valence-electron chi connectivity index (χ3n) is 1.70. The molecule has 0 heterocycles. The second kappa shape index (κ2) is 3.81. The van der Waals surface area contributed by atoms with E-state index < -0.39 is 0 Å². The van der Waals surface area contributed by atoms with Crippen molar-refractivity contribution in [2.75, 3.05) is 0 Å². The number of carbonyl (C=O) groups excluding carboxylic acids is 1. The lowest BCUT2D eigenvalue weighted by Gasteiger charge is -1.97. The summed E-state index contributed by atoms with van der Waals surface area (Å²) in [4.78, 5) is 10.9. The van der Waals surface area contributed by atoms with Crippen LogP contribution in [0.3, 0.4) is 0 Å². The third kappa shape index (κ3) is 2.02. The first kappa shape index (κ1) is 8.65. The van der Waals surface area contributed by atoms with Gasteiger partial charge in [-0.25, -0.2) is 0 Å². The van der Waals surface area contributed by atoms with E-state index in [4.69, 9.17) is 5.41 Å². The van der Waals surface area contributed by atoms with Gasteiger partial charge < -0.3 is 5.41 Å². The van der Waals surface area contributed by atoms with Gasteiger partial charge in [0.15, 0.2) is 5.78 Å². The molecule has 2 heteroatoms. The second-order valence-electron chi connectivity index (χ2n) is 2.66. The van der Waals surface area contributed by atoms with Crippen LogP contribution in [0, 0.1) is 5.41 Å². The van der Waals surface area contributed by atoms with Crippen LogP contribution in [0.5, 0.6) is 0 Å². The lowest BCUT2D eigenvalue weighted by Crippen LogP contribution is -1.92. The fourth-order valence-corrected chi connectivity index (χ4v) is 0.993. The average molecular weight is 161 g/mol. The first-order valence-electron chi connectivity index (χ1n) is 3.83. The SMILES string of the molecule is CC(=O)c1ccc(CC=N)cc1. The summed E-state index contributed by atoms with van der Waals surface area (Å²) in [6.07, 6.45) is 1.99. The molecule has 1 rings (SSSR count). The van der Waals surface area contributed by atoms with Gasteiger partial charge in [-0.3, -0.25) is 4.79 Å². The number of Topliss-reactive ketones (excluding diaryl/α,β-unsaturated/α-hetero) is 1. The van der Waals surface area contributed by atoms with E-state index >= 15 is 0 Å². The van der Waals surface area contributed by atoms with E-state index in [0.717, 1.165) is 11.1 Å². The van der Waals surface area contributed by atoms with E-state index in [0.29, 0.717) is 6.42 Å².